The second kappa shape index (κ2) is 4.41. The fourth-order valence-electron chi connectivity index (χ4n) is 2.29. The smallest absolute Gasteiger partial charge is 0.374 e. The summed E-state index contributed by atoms with van der Waals surface area (Å²) >= 11 is 0. The third kappa shape index (κ3) is 1.73. The Morgan fingerprint density at radius 3 is 2.85 bits per heavy atom. The van der Waals surface area contributed by atoms with E-state index in [9.17, 15) is 4.79 Å². The van der Waals surface area contributed by atoms with Gasteiger partial charge in [-0.05, 0) is 12.1 Å². The molecule has 0 atom stereocenters. The van der Waals surface area contributed by atoms with E-state index in [4.69, 9.17) is 14.4 Å². The number of carboxylic acid groups (broad SMARTS) is 1. The van der Waals surface area contributed by atoms with Crippen molar-refractivity contribution >= 4 is 16.9 Å². The Kier molecular flexibility index (Phi) is 2.71. The maximum Gasteiger partial charge on any atom is 0.374 e. The minimum Gasteiger partial charge on any atom is -0.495 e. The van der Waals surface area contributed by atoms with Gasteiger partial charge in [0.05, 0.1) is 18.3 Å². The van der Waals surface area contributed by atoms with Crippen LogP contribution in [0.1, 0.15) is 10.6 Å². The maximum atomic E-state index is 10.8. The molecule has 0 spiro atoms. The first-order valence-corrected chi connectivity index (χ1v) is 5.94. The van der Waals surface area contributed by atoms with Gasteiger partial charge in [0.25, 0.3) is 0 Å². The first kappa shape index (κ1) is 12.3. The predicted octanol–water partition coefficient (Wildman–Crippen LogP) is 2.54. The van der Waals surface area contributed by atoms with Crippen LogP contribution in [0, 0.1) is 0 Å². The second-order valence-corrected chi connectivity index (χ2v) is 4.37. The van der Waals surface area contributed by atoms with E-state index in [-0.39, 0.29) is 5.76 Å². The topological polar surface area (TPSA) is 77.5 Å². The minimum absolute atomic E-state index is 0.183. The van der Waals surface area contributed by atoms with Crippen molar-refractivity contribution in [1.29, 1.82) is 0 Å². The Balaban J connectivity index is 2.21. The first-order valence-electron chi connectivity index (χ1n) is 5.94. The number of aryl methyl sites for hydroxylation is 1. The van der Waals surface area contributed by atoms with Crippen LogP contribution in [-0.4, -0.2) is 27.9 Å². The highest BCUT2D eigenvalue weighted by Crippen LogP contribution is 2.32. The monoisotopic (exact) mass is 272 g/mol. The molecule has 6 nitrogen and oxygen atoms in total. The van der Waals surface area contributed by atoms with Crippen molar-refractivity contribution in [1.82, 2.24) is 9.72 Å². The molecule has 0 radical (unpaired) electrons. The number of methoxy groups -OCH3 is 1. The average molecular weight is 272 g/mol. The van der Waals surface area contributed by atoms with Crippen LogP contribution in [-0.2, 0) is 7.05 Å². The summed E-state index contributed by atoms with van der Waals surface area (Å²) in [6, 6.07) is 9.05. The molecule has 0 aliphatic carbocycles. The van der Waals surface area contributed by atoms with Crippen molar-refractivity contribution in [2.45, 2.75) is 0 Å². The molecule has 102 valence electrons. The zero-order chi connectivity index (χ0) is 14.3. The summed E-state index contributed by atoms with van der Waals surface area (Å²) in [4.78, 5) is 10.8. The molecule has 1 aromatic carbocycles. The zero-order valence-corrected chi connectivity index (χ0v) is 11.0. The maximum absolute atomic E-state index is 10.8. The van der Waals surface area contributed by atoms with Crippen LogP contribution in [0.4, 0.5) is 0 Å². The van der Waals surface area contributed by atoms with Crippen LogP contribution in [0.25, 0.3) is 22.3 Å². The van der Waals surface area contributed by atoms with Crippen molar-refractivity contribution in [3.8, 4) is 17.1 Å². The first-order chi connectivity index (χ1) is 9.61. The van der Waals surface area contributed by atoms with Crippen LogP contribution in [0.3, 0.4) is 0 Å². The van der Waals surface area contributed by atoms with Gasteiger partial charge in [-0.15, -0.1) is 0 Å². The second-order valence-electron chi connectivity index (χ2n) is 4.37. The van der Waals surface area contributed by atoms with Crippen LogP contribution in [0.5, 0.6) is 5.75 Å². The third-order valence-electron chi connectivity index (χ3n) is 3.22. The number of aromatic carboxylic acids is 1. The predicted molar refractivity (Wildman–Crippen MR) is 71.9 cm³/mol. The molecule has 0 saturated carbocycles. The molecule has 0 fully saturated rings. The molecule has 0 saturated heterocycles. The molecule has 6 heteroatoms. The van der Waals surface area contributed by atoms with E-state index in [2.05, 4.69) is 5.16 Å². The average Bonchev–Trinajstić information content (AvgIpc) is 3.03. The van der Waals surface area contributed by atoms with Crippen molar-refractivity contribution in [3.63, 3.8) is 0 Å². The van der Waals surface area contributed by atoms with Gasteiger partial charge >= 0.3 is 5.97 Å². The lowest BCUT2D eigenvalue weighted by molar-refractivity contribution is 0.0652. The van der Waals surface area contributed by atoms with Gasteiger partial charge in [-0.1, -0.05) is 17.3 Å². The molecule has 0 aliphatic rings. The Morgan fingerprint density at radius 2 is 2.20 bits per heavy atom. The van der Waals surface area contributed by atoms with E-state index in [1.807, 2.05) is 35.9 Å². The van der Waals surface area contributed by atoms with E-state index in [0.29, 0.717) is 5.69 Å². The van der Waals surface area contributed by atoms with Gasteiger partial charge in [0.15, 0.2) is 0 Å². The van der Waals surface area contributed by atoms with Crippen LogP contribution in [0.15, 0.2) is 34.9 Å². The molecule has 0 aliphatic heterocycles. The quantitative estimate of drug-likeness (QED) is 0.792. The number of aromatic nitrogens is 2. The molecular weight excluding hydrogens is 260 g/mol. The number of benzene rings is 1. The van der Waals surface area contributed by atoms with Gasteiger partial charge in [0.2, 0.25) is 5.76 Å². The summed E-state index contributed by atoms with van der Waals surface area (Å²) < 4.78 is 12.0. The number of nitrogens with zero attached hydrogens (tertiary/aromatic N) is 2. The Bertz CT molecular complexity index is 801. The standard InChI is InChI=1S/C14H12N2O4/c1-16-10(9-7-12(14(17)18)20-15-9)6-8-4-3-5-11(19-2)13(8)16/h3-7H,1-2H3,(H,17,18). The van der Waals surface area contributed by atoms with Gasteiger partial charge in [-0.2, -0.15) is 0 Å². The highest BCUT2D eigenvalue weighted by Gasteiger charge is 2.17. The summed E-state index contributed by atoms with van der Waals surface area (Å²) in [5, 5.41) is 13.7. The van der Waals surface area contributed by atoms with Crippen molar-refractivity contribution in [2.24, 2.45) is 7.05 Å². The highest BCUT2D eigenvalue weighted by atomic mass is 16.5. The Hall–Kier alpha value is -2.76. The van der Waals surface area contributed by atoms with Gasteiger partial charge in [0.1, 0.15) is 11.4 Å². The molecule has 3 rings (SSSR count). The SMILES string of the molecule is COc1cccc2cc(-c3cc(C(=O)O)on3)n(C)c12. The summed E-state index contributed by atoms with van der Waals surface area (Å²) in [5.41, 5.74) is 2.16. The minimum atomic E-state index is -1.14. The number of rotatable bonds is 3. The summed E-state index contributed by atoms with van der Waals surface area (Å²) in [6.07, 6.45) is 0. The molecule has 0 amide bonds. The van der Waals surface area contributed by atoms with Gasteiger partial charge in [-0.25, -0.2) is 4.79 Å². The normalized spacial score (nSPS) is 10.9. The van der Waals surface area contributed by atoms with E-state index in [1.165, 1.54) is 6.07 Å². The fraction of sp³-hybridized carbons (Fsp3) is 0.143. The summed E-state index contributed by atoms with van der Waals surface area (Å²) in [7, 11) is 3.48. The number of fused-ring (bicyclic) bond motifs is 1. The molecule has 1 N–H and O–H groups in total. The third-order valence-corrected chi connectivity index (χ3v) is 3.22. The number of carboxylic acids is 1. The fourth-order valence-corrected chi connectivity index (χ4v) is 2.29. The van der Waals surface area contributed by atoms with E-state index in [0.717, 1.165) is 22.3 Å². The molecule has 20 heavy (non-hydrogen) atoms. The zero-order valence-electron chi connectivity index (χ0n) is 11.0. The van der Waals surface area contributed by atoms with E-state index >= 15 is 0 Å². The van der Waals surface area contributed by atoms with E-state index < -0.39 is 5.97 Å². The van der Waals surface area contributed by atoms with Crippen LogP contribution >= 0.6 is 0 Å². The van der Waals surface area contributed by atoms with Crippen LogP contribution in [0.2, 0.25) is 0 Å². The lowest BCUT2D eigenvalue weighted by Crippen LogP contribution is -1.94. The van der Waals surface area contributed by atoms with Crippen molar-refractivity contribution in [2.75, 3.05) is 7.11 Å². The number of para-hydroxylation sites is 1. The lowest BCUT2D eigenvalue weighted by Gasteiger charge is -2.05. The van der Waals surface area contributed by atoms with E-state index in [1.54, 1.807) is 7.11 Å². The molecule has 2 heterocycles. The Labute approximate surface area is 114 Å². The molecular formula is C14H12N2O4. The summed E-state index contributed by atoms with van der Waals surface area (Å²) in [5.74, 6) is -0.574. The van der Waals surface area contributed by atoms with Crippen molar-refractivity contribution < 1.29 is 19.2 Å². The lowest BCUT2D eigenvalue weighted by atomic mass is 10.2. The van der Waals surface area contributed by atoms with Crippen LogP contribution < -0.4 is 4.74 Å². The number of carbonyl (C=O) groups is 1. The highest BCUT2D eigenvalue weighted by molar-refractivity contribution is 5.92. The molecule has 2 aromatic heterocycles. The largest absolute Gasteiger partial charge is 0.495 e. The number of hydrogen-bond donors (Lipinski definition) is 1. The number of hydrogen-bond acceptors (Lipinski definition) is 4. The van der Waals surface area contributed by atoms with Crippen molar-refractivity contribution in [3.05, 3.63) is 36.1 Å². The molecule has 0 unspecified atom stereocenters. The molecule has 0 bridgehead atoms. The molecule has 3 aromatic rings. The van der Waals surface area contributed by atoms with Gasteiger partial charge in [-0.3, -0.25) is 0 Å². The van der Waals surface area contributed by atoms with Gasteiger partial charge < -0.3 is 18.9 Å². The Morgan fingerprint density at radius 1 is 1.40 bits per heavy atom. The van der Waals surface area contributed by atoms with Gasteiger partial charge in [0, 0.05) is 18.5 Å². The number of ether oxygens (including phenoxy) is 1. The summed E-state index contributed by atoms with van der Waals surface area (Å²) in [6.45, 7) is 0.